The van der Waals surface area contributed by atoms with E-state index >= 15 is 0 Å². The van der Waals surface area contributed by atoms with Crippen molar-refractivity contribution in [1.29, 1.82) is 0 Å². The lowest BCUT2D eigenvalue weighted by molar-refractivity contribution is -0.113. The lowest BCUT2D eigenvalue weighted by Gasteiger charge is -2.48. The fourth-order valence-corrected chi connectivity index (χ4v) is 9.77. The SMILES string of the molecule is C=C(C)C[C@@H]1O[Si](C(C)C)(C(C)C)C[C@@H]2CC(=O)C(c3ccccc3)=C21. The van der Waals surface area contributed by atoms with Crippen LogP contribution < -0.4 is 0 Å². The molecule has 0 amide bonds. The number of Topliss-reactive ketones (excluding diaryl/α,β-unsaturated/α-hetero) is 1. The maximum absolute atomic E-state index is 13.0. The predicted octanol–water partition coefficient (Wildman–Crippen LogP) is 6.16. The highest BCUT2D eigenvalue weighted by Gasteiger charge is 2.53. The summed E-state index contributed by atoms with van der Waals surface area (Å²) < 4.78 is 6.99. The van der Waals surface area contributed by atoms with Crippen molar-refractivity contribution >= 4 is 19.7 Å². The van der Waals surface area contributed by atoms with Crippen LogP contribution in [0.15, 0.2) is 48.1 Å². The molecular formula is C23H32O2Si. The molecule has 1 fully saturated rings. The first-order chi connectivity index (χ1) is 12.3. The van der Waals surface area contributed by atoms with Gasteiger partial charge in [-0.05, 0) is 47.5 Å². The first kappa shape index (κ1) is 19.3. The van der Waals surface area contributed by atoms with E-state index in [-0.39, 0.29) is 6.10 Å². The van der Waals surface area contributed by atoms with Gasteiger partial charge in [0.15, 0.2) is 14.1 Å². The molecule has 1 saturated heterocycles. The van der Waals surface area contributed by atoms with Crippen molar-refractivity contribution in [2.75, 3.05) is 0 Å². The van der Waals surface area contributed by atoms with Gasteiger partial charge in [-0.3, -0.25) is 4.79 Å². The second kappa shape index (κ2) is 7.28. The van der Waals surface area contributed by atoms with Crippen LogP contribution in [0.1, 0.15) is 53.0 Å². The van der Waals surface area contributed by atoms with E-state index < -0.39 is 8.32 Å². The van der Waals surface area contributed by atoms with Crippen LogP contribution >= 0.6 is 0 Å². The molecule has 1 aromatic rings. The van der Waals surface area contributed by atoms with Crippen LogP contribution in [0.4, 0.5) is 0 Å². The minimum Gasteiger partial charge on any atom is -0.409 e. The zero-order valence-corrected chi connectivity index (χ0v) is 17.8. The van der Waals surface area contributed by atoms with Gasteiger partial charge in [-0.15, -0.1) is 6.58 Å². The predicted molar refractivity (Wildman–Crippen MR) is 112 cm³/mol. The van der Waals surface area contributed by atoms with Crippen molar-refractivity contribution in [3.63, 3.8) is 0 Å². The number of rotatable bonds is 5. The lowest BCUT2D eigenvalue weighted by atomic mass is 9.91. The molecule has 0 N–H and O–H groups in total. The standard InChI is InChI=1S/C23H32O2Si/c1-15(2)12-21-23-19(14-26(25-21,16(3)4)17(5)6)13-20(24)22(23)18-10-8-7-9-11-18/h7-11,16-17,19,21H,1,12-14H2,2-6H3/t19-,21-/m0/s1. The summed E-state index contributed by atoms with van der Waals surface area (Å²) in [5.41, 5.74) is 5.46. The van der Waals surface area contributed by atoms with Gasteiger partial charge in [-0.25, -0.2) is 0 Å². The van der Waals surface area contributed by atoms with Crippen molar-refractivity contribution in [2.24, 2.45) is 5.92 Å². The summed E-state index contributed by atoms with van der Waals surface area (Å²) in [6.45, 7) is 15.5. The molecule has 0 spiro atoms. The van der Waals surface area contributed by atoms with Crippen LogP contribution in [0.2, 0.25) is 17.1 Å². The number of hydrogen-bond acceptors (Lipinski definition) is 2. The molecule has 0 unspecified atom stereocenters. The smallest absolute Gasteiger partial charge is 0.199 e. The Morgan fingerprint density at radius 2 is 1.81 bits per heavy atom. The molecule has 2 atom stereocenters. The monoisotopic (exact) mass is 368 g/mol. The molecule has 3 heteroatoms. The van der Waals surface area contributed by atoms with Crippen LogP contribution in [0, 0.1) is 5.92 Å². The molecular weight excluding hydrogens is 336 g/mol. The molecule has 1 heterocycles. The van der Waals surface area contributed by atoms with Gasteiger partial charge in [-0.1, -0.05) is 63.6 Å². The van der Waals surface area contributed by atoms with E-state index in [0.717, 1.165) is 29.2 Å². The number of allylic oxidation sites excluding steroid dienone is 1. The van der Waals surface area contributed by atoms with Gasteiger partial charge in [0.05, 0.1) is 6.10 Å². The minimum atomic E-state index is -1.94. The zero-order chi connectivity index (χ0) is 19.1. The van der Waals surface area contributed by atoms with Crippen molar-refractivity contribution in [3.05, 3.63) is 53.6 Å². The Balaban J connectivity index is 2.12. The number of hydrogen-bond donors (Lipinski definition) is 0. The maximum Gasteiger partial charge on any atom is 0.199 e. The Morgan fingerprint density at radius 3 is 2.35 bits per heavy atom. The summed E-state index contributed by atoms with van der Waals surface area (Å²) in [7, 11) is -1.94. The number of carbonyl (C=O) groups excluding carboxylic acids is 1. The third-order valence-electron chi connectivity index (χ3n) is 6.26. The number of ketones is 1. The summed E-state index contributed by atoms with van der Waals surface area (Å²) in [6.07, 6.45) is 1.50. The van der Waals surface area contributed by atoms with Gasteiger partial charge in [-0.2, -0.15) is 0 Å². The zero-order valence-electron chi connectivity index (χ0n) is 16.8. The van der Waals surface area contributed by atoms with Gasteiger partial charge in [0.2, 0.25) is 0 Å². The average molecular weight is 369 g/mol. The Labute approximate surface area is 159 Å². The van der Waals surface area contributed by atoms with E-state index in [2.05, 4.69) is 53.3 Å². The summed E-state index contributed by atoms with van der Waals surface area (Å²) in [6, 6.07) is 11.2. The molecule has 0 aromatic heterocycles. The Kier molecular flexibility index (Phi) is 5.41. The number of benzene rings is 1. The normalized spacial score (nSPS) is 25.1. The van der Waals surface area contributed by atoms with E-state index in [1.807, 2.05) is 18.2 Å². The van der Waals surface area contributed by atoms with Crippen molar-refractivity contribution in [1.82, 2.24) is 0 Å². The molecule has 3 rings (SSSR count). The first-order valence-electron chi connectivity index (χ1n) is 9.91. The van der Waals surface area contributed by atoms with Crippen LogP contribution in [-0.4, -0.2) is 20.2 Å². The molecule has 0 saturated carbocycles. The van der Waals surface area contributed by atoms with Gasteiger partial charge >= 0.3 is 0 Å². The summed E-state index contributed by atoms with van der Waals surface area (Å²) in [5, 5.41) is 0. The van der Waals surface area contributed by atoms with Crippen LogP contribution in [-0.2, 0) is 9.22 Å². The van der Waals surface area contributed by atoms with Crippen LogP contribution in [0.25, 0.3) is 5.57 Å². The average Bonchev–Trinajstić information content (AvgIpc) is 2.90. The highest BCUT2D eigenvalue weighted by molar-refractivity contribution is 6.76. The molecule has 0 bridgehead atoms. The summed E-state index contributed by atoms with van der Waals surface area (Å²) in [4.78, 5) is 13.0. The van der Waals surface area contributed by atoms with Crippen molar-refractivity contribution in [2.45, 2.75) is 70.7 Å². The fourth-order valence-electron chi connectivity index (χ4n) is 4.98. The maximum atomic E-state index is 13.0. The third-order valence-corrected chi connectivity index (χ3v) is 12.0. The first-order valence-corrected chi connectivity index (χ1v) is 12.2. The van der Waals surface area contributed by atoms with Gasteiger partial charge in [0.1, 0.15) is 0 Å². The Morgan fingerprint density at radius 1 is 1.19 bits per heavy atom. The highest BCUT2D eigenvalue weighted by atomic mass is 28.4. The molecule has 2 nitrogen and oxygen atoms in total. The van der Waals surface area contributed by atoms with Crippen LogP contribution in [0.5, 0.6) is 0 Å². The molecule has 0 radical (unpaired) electrons. The summed E-state index contributed by atoms with van der Waals surface area (Å²) in [5.74, 6) is 0.649. The van der Waals surface area contributed by atoms with Crippen molar-refractivity contribution in [3.8, 4) is 0 Å². The molecule has 1 aliphatic carbocycles. The quantitative estimate of drug-likeness (QED) is 0.459. The highest BCUT2D eigenvalue weighted by Crippen LogP contribution is 2.53. The molecule has 1 aromatic carbocycles. The lowest BCUT2D eigenvalue weighted by Crippen LogP contribution is -2.53. The second-order valence-electron chi connectivity index (χ2n) is 8.76. The number of carbonyl (C=O) groups is 1. The van der Waals surface area contributed by atoms with E-state index in [4.69, 9.17) is 4.43 Å². The van der Waals surface area contributed by atoms with E-state index in [1.165, 1.54) is 5.57 Å². The second-order valence-corrected chi connectivity index (χ2v) is 13.6. The van der Waals surface area contributed by atoms with E-state index in [9.17, 15) is 4.79 Å². The third kappa shape index (κ3) is 3.27. The summed E-state index contributed by atoms with van der Waals surface area (Å²) >= 11 is 0. The van der Waals surface area contributed by atoms with Gasteiger partial charge < -0.3 is 4.43 Å². The Bertz CT molecular complexity index is 722. The minimum absolute atomic E-state index is 0.0179. The topological polar surface area (TPSA) is 26.3 Å². The molecule has 1 aliphatic heterocycles. The van der Waals surface area contributed by atoms with Gasteiger partial charge in [0.25, 0.3) is 0 Å². The Hall–Kier alpha value is -1.45. The van der Waals surface area contributed by atoms with Crippen molar-refractivity contribution < 1.29 is 9.22 Å². The van der Waals surface area contributed by atoms with E-state index in [0.29, 0.717) is 29.2 Å². The molecule has 2 aliphatic rings. The number of fused-ring (bicyclic) bond motifs is 1. The fraction of sp³-hybridized carbons (Fsp3) is 0.522. The molecule has 140 valence electrons. The van der Waals surface area contributed by atoms with E-state index in [1.54, 1.807) is 0 Å². The van der Waals surface area contributed by atoms with Crippen LogP contribution in [0.3, 0.4) is 0 Å². The van der Waals surface area contributed by atoms with Gasteiger partial charge in [0, 0.05) is 12.0 Å². The molecule has 26 heavy (non-hydrogen) atoms. The largest absolute Gasteiger partial charge is 0.409 e.